The third-order valence-electron chi connectivity index (χ3n) is 2.52. The number of rotatable bonds is 6. The second kappa shape index (κ2) is 7.22. The summed E-state index contributed by atoms with van der Waals surface area (Å²) in [7, 11) is 0. The Labute approximate surface area is 129 Å². The molecule has 0 aliphatic carbocycles. The van der Waals surface area contributed by atoms with Gasteiger partial charge in [-0.05, 0) is 35.8 Å². The lowest BCUT2D eigenvalue weighted by molar-refractivity contribution is 0.117. The zero-order valence-corrected chi connectivity index (χ0v) is 12.3. The molecule has 1 heterocycles. The lowest BCUT2D eigenvalue weighted by Gasteiger charge is -2.13. The molecular formula is C13H11ClFN3O2S. The molecule has 110 valence electrons. The Morgan fingerprint density at radius 2 is 2.19 bits per heavy atom. The molecule has 0 unspecified atom stereocenters. The SMILES string of the molecule is N#Cc1c(Cl)nsc1NC[C@H](O)COc1ccc(F)cc1. The number of nitrogens with one attached hydrogen (secondary N) is 1. The summed E-state index contributed by atoms with van der Waals surface area (Å²) < 4.78 is 21.9. The topological polar surface area (TPSA) is 78.2 Å². The average Bonchev–Trinajstić information content (AvgIpc) is 2.84. The summed E-state index contributed by atoms with van der Waals surface area (Å²) >= 11 is 6.78. The van der Waals surface area contributed by atoms with E-state index in [1.165, 1.54) is 24.3 Å². The van der Waals surface area contributed by atoms with E-state index in [9.17, 15) is 9.50 Å². The maximum atomic E-state index is 12.7. The van der Waals surface area contributed by atoms with E-state index in [1.807, 2.05) is 6.07 Å². The van der Waals surface area contributed by atoms with Crippen LogP contribution >= 0.6 is 23.1 Å². The molecular weight excluding hydrogens is 317 g/mol. The van der Waals surface area contributed by atoms with E-state index < -0.39 is 6.10 Å². The molecule has 0 radical (unpaired) electrons. The van der Waals surface area contributed by atoms with E-state index in [0.717, 1.165) is 11.5 Å². The van der Waals surface area contributed by atoms with Gasteiger partial charge in [-0.1, -0.05) is 11.6 Å². The quantitative estimate of drug-likeness (QED) is 0.852. The van der Waals surface area contributed by atoms with Crippen LogP contribution in [0.3, 0.4) is 0 Å². The number of halogens is 2. The van der Waals surface area contributed by atoms with Gasteiger partial charge in [0.05, 0.1) is 0 Å². The monoisotopic (exact) mass is 327 g/mol. The molecule has 1 aromatic carbocycles. The Hall–Kier alpha value is -1.88. The molecule has 0 saturated carbocycles. The van der Waals surface area contributed by atoms with Gasteiger partial charge in [0, 0.05) is 6.54 Å². The van der Waals surface area contributed by atoms with Crippen molar-refractivity contribution in [2.75, 3.05) is 18.5 Å². The summed E-state index contributed by atoms with van der Waals surface area (Å²) in [6.07, 6.45) is -0.803. The van der Waals surface area contributed by atoms with Crippen molar-refractivity contribution >= 4 is 28.1 Å². The van der Waals surface area contributed by atoms with Crippen molar-refractivity contribution in [3.05, 3.63) is 40.8 Å². The van der Waals surface area contributed by atoms with E-state index in [-0.39, 0.29) is 29.7 Å². The van der Waals surface area contributed by atoms with Gasteiger partial charge in [0.15, 0.2) is 5.15 Å². The molecule has 8 heteroatoms. The Bertz CT molecular complexity index is 642. The minimum Gasteiger partial charge on any atom is -0.491 e. The summed E-state index contributed by atoms with van der Waals surface area (Å²) in [5.41, 5.74) is 0.258. The van der Waals surface area contributed by atoms with Gasteiger partial charge in [0.25, 0.3) is 0 Å². The Balaban J connectivity index is 1.81. The predicted octanol–water partition coefficient (Wildman–Crippen LogP) is 2.66. The van der Waals surface area contributed by atoms with E-state index in [0.29, 0.717) is 10.8 Å². The molecule has 0 aliphatic heterocycles. The van der Waals surface area contributed by atoms with Crippen LogP contribution in [0.1, 0.15) is 5.56 Å². The number of nitrogens with zero attached hydrogens (tertiary/aromatic N) is 2. The zero-order valence-electron chi connectivity index (χ0n) is 10.7. The van der Waals surface area contributed by atoms with Crippen molar-refractivity contribution in [3.8, 4) is 11.8 Å². The van der Waals surface area contributed by atoms with Gasteiger partial charge in [-0.25, -0.2) is 4.39 Å². The third-order valence-corrected chi connectivity index (χ3v) is 3.70. The second-order valence-electron chi connectivity index (χ2n) is 4.09. The molecule has 0 fully saturated rings. The molecule has 0 aliphatic rings. The first-order chi connectivity index (χ1) is 10.1. The van der Waals surface area contributed by atoms with E-state index in [2.05, 4.69) is 9.69 Å². The van der Waals surface area contributed by atoms with Crippen LogP contribution in [0.4, 0.5) is 9.39 Å². The number of nitriles is 1. The fraction of sp³-hybridized carbons (Fsp3) is 0.231. The molecule has 0 spiro atoms. The summed E-state index contributed by atoms with van der Waals surface area (Å²) in [6.45, 7) is 0.210. The van der Waals surface area contributed by atoms with Crippen LogP contribution < -0.4 is 10.1 Å². The molecule has 1 atom stereocenters. The number of hydrogen-bond donors (Lipinski definition) is 2. The first kappa shape index (κ1) is 15.5. The number of aliphatic hydroxyl groups is 1. The van der Waals surface area contributed by atoms with Gasteiger partial charge >= 0.3 is 0 Å². The fourth-order valence-corrected chi connectivity index (χ4v) is 2.42. The summed E-state index contributed by atoms with van der Waals surface area (Å²) in [4.78, 5) is 0. The normalized spacial score (nSPS) is 11.7. The third kappa shape index (κ3) is 4.29. The number of hydrogen-bond acceptors (Lipinski definition) is 6. The molecule has 0 amide bonds. The van der Waals surface area contributed by atoms with Crippen molar-refractivity contribution in [1.29, 1.82) is 5.26 Å². The van der Waals surface area contributed by atoms with Gasteiger partial charge < -0.3 is 15.2 Å². The molecule has 0 saturated heterocycles. The molecule has 5 nitrogen and oxygen atoms in total. The predicted molar refractivity (Wildman–Crippen MR) is 78.2 cm³/mol. The van der Waals surface area contributed by atoms with E-state index >= 15 is 0 Å². The van der Waals surface area contributed by atoms with Gasteiger partial charge in [0.1, 0.15) is 40.9 Å². The van der Waals surface area contributed by atoms with Crippen LogP contribution in [0.25, 0.3) is 0 Å². The molecule has 2 N–H and O–H groups in total. The van der Waals surface area contributed by atoms with Crippen molar-refractivity contribution in [2.24, 2.45) is 0 Å². The molecule has 2 aromatic rings. The first-order valence-electron chi connectivity index (χ1n) is 5.95. The lowest BCUT2D eigenvalue weighted by atomic mass is 10.3. The molecule has 0 bridgehead atoms. The minimum absolute atomic E-state index is 0.0348. The number of ether oxygens (including phenoxy) is 1. The Kier molecular flexibility index (Phi) is 5.33. The average molecular weight is 328 g/mol. The number of benzene rings is 1. The first-order valence-corrected chi connectivity index (χ1v) is 7.11. The smallest absolute Gasteiger partial charge is 0.162 e. The van der Waals surface area contributed by atoms with Crippen LogP contribution in [0, 0.1) is 17.1 Å². The van der Waals surface area contributed by atoms with Gasteiger partial charge in [-0.2, -0.15) is 9.64 Å². The maximum Gasteiger partial charge on any atom is 0.162 e. The van der Waals surface area contributed by atoms with E-state index in [4.69, 9.17) is 21.6 Å². The second-order valence-corrected chi connectivity index (χ2v) is 5.22. The minimum atomic E-state index is -0.803. The highest BCUT2D eigenvalue weighted by Crippen LogP contribution is 2.27. The number of aromatic nitrogens is 1. The highest BCUT2D eigenvalue weighted by molar-refractivity contribution is 7.10. The van der Waals surface area contributed by atoms with Crippen molar-refractivity contribution in [2.45, 2.75) is 6.10 Å². The Morgan fingerprint density at radius 3 is 2.86 bits per heavy atom. The Morgan fingerprint density at radius 1 is 1.48 bits per heavy atom. The van der Waals surface area contributed by atoms with Gasteiger partial charge in [0.2, 0.25) is 0 Å². The van der Waals surface area contributed by atoms with Crippen LogP contribution in [-0.4, -0.2) is 28.7 Å². The van der Waals surface area contributed by atoms with Crippen LogP contribution in [0.5, 0.6) is 5.75 Å². The van der Waals surface area contributed by atoms with Gasteiger partial charge in [-0.3, -0.25) is 0 Å². The fourth-order valence-electron chi connectivity index (χ4n) is 1.48. The maximum absolute atomic E-state index is 12.7. The molecule has 2 rings (SSSR count). The van der Waals surface area contributed by atoms with Crippen LogP contribution in [-0.2, 0) is 0 Å². The van der Waals surface area contributed by atoms with Crippen molar-refractivity contribution in [3.63, 3.8) is 0 Å². The largest absolute Gasteiger partial charge is 0.491 e. The summed E-state index contributed by atoms with van der Waals surface area (Å²) in [6, 6.07) is 7.45. The summed E-state index contributed by atoms with van der Waals surface area (Å²) in [5, 5.41) is 22.2. The van der Waals surface area contributed by atoms with Gasteiger partial charge in [-0.15, -0.1) is 0 Å². The molecule has 1 aromatic heterocycles. The lowest BCUT2D eigenvalue weighted by Crippen LogP contribution is -2.26. The number of anilines is 1. The highest BCUT2D eigenvalue weighted by atomic mass is 35.5. The summed E-state index contributed by atoms with van der Waals surface area (Å²) in [5.74, 6) is 0.115. The highest BCUT2D eigenvalue weighted by Gasteiger charge is 2.13. The van der Waals surface area contributed by atoms with Crippen LogP contribution in [0.15, 0.2) is 24.3 Å². The van der Waals surface area contributed by atoms with E-state index in [1.54, 1.807) is 0 Å². The van der Waals surface area contributed by atoms with Crippen molar-refractivity contribution < 1.29 is 14.2 Å². The standard InChI is InChI=1S/C13H11ClFN3O2S/c14-12-11(5-16)13(21-18-12)17-6-9(19)7-20-10-3-1-8(15)2-4-10/h1-4,9,17,19H,6-7H2/t9-/m0/s1. The van der Waals surface area contributed by atoms with Crippen LogP contribution in [0.2, 0.25) is 5.15 Å². The zero-order chi connectivity index (χ0) is 15.2. The van der Waals surface area contributed by atoms with Crippen molar-refractivity contribution in [1.82, 2.24) is 4.37 Å². The molecule has 21 heavy (non-hydrogen) atoms. The number of aliphatic hydroxyl groups excluding tert-OH is 1.